The molecule has 3 rings (SSSR count). The molecule has 0 unspecified atom stereocenters. The molecule has 0 aliphatic carbocycles. The minimum absolute atomic E-state index is 0.00342. The molecule has 2 aromatic carbocycles. The number of rotatable bonds is 5. The number of carbonyl (C=O) groups is 1. The summed E-state index contributed by atoms with van der Waals surface area (Å²) in [5.74, 6) is 1.88. The highest BCUT2D eigenvalue weighted by molar-refractivity contribution is 8.00. The smallest absolute Gasteiger partial charge is 0.230 e. The van der Waals surface area contributed by atoms with Gasteiger partial charge in [-0.1, -0.05) is 30.3 Å². The molecule has 1 aliphatic heterocycles. The van der Waals surface area contributed by atoms with Crippen LogP contribution in [0.15, 0.2) is 59.5 Å². The van der Waals surface area contributed by atoms with Crippen molar-refractivity contribution in [2.24, 2.45) is 0 Å². The van der Waals surface area contributed by atoms with E-state index in [1.807, 2.05) is 54.6 Å². The summed E-state index contributed by atoms with van der Waals surface area (Å²) in [5, 5.41) is 2.89. The highest BCUT2D eigenvalue weighted by Crippen LogP contribution is 2.30. The van der Waals surface area contributed by atoms with Gasteiger partial charge in [0, 0.05) is 4.90 Å². The van der Waals surface area contributed by atoms with E-state index >= 15 is 0 Å². The number of hydrogen-bond acceptors (Lipinski definition) is 4. The van der Waals surface area contributed by atoms with E-state index in [2.05, 4.69) is 5.32 Å². The van der Waals surface area contributed by atoms with E-state index in [0.717, 1.165) is 16.4 Å². The maximum atomic E-state index is 11.9. The minimum atomic E-state index is -0.152. The number of hydrogen-bond donors (Lipinski definition) is 1. The Hall–Kier alpha value is -2.14. The Morgan fingerprint density at radius 3 is 2.64 bits per heavy atom. The zero-order valence-electron chi connectivity index (χ0n) is 12.0. The molecule has 0 saturated heterocycles. The SMILES string of the molecule is O=C(CSc1ccccc1)NC[C@@H]1COc2ccccc2O1. The Labute approximate surface area is 133 Å². The topological polar surface area (TPSA) is 47.6 Å². The lowest BCUT2D eigenvalue weighted by Crippen LogP contribution is -2.41. The number of para-hydroxylation sites is 2. The lowest BCUT2D eigenvalue weighted by molar-refractivity contribution is -0.119. The maximum absolute atomic E-state index is 11.9. The summed E-state index contributed by atoms with van der Waals surface area (Å²) in [6.07, 6.45) is -0.152. The van der Waals surface area contributed by atoms with Crippen molar-refractivity contribution in [3.63, 3.8) is 0 Å². The maximum Gasteiger partial charge on any atom is 0.230 e. The molecule has 22 heavy (non-hydrogen) atoms. The van der Waals surface area contributed by atoms with Crippen LogP contribution in [0.1, 0.15) is 0 Å². The van der Waals surface area contributed by atoms with Gasteiger partial charge in [0.05, 0.1) is 12.3 Å². The van der Waals surface area contributed by atoms with E-state index in [4.69, 9.17) is 9.47 Å². The lowest BCUT2D eigenvalue weighted by Gasteiger charge is -2.26. The molecular formula is C17H17NO3S. The summed E-state index contributed by atoms with van der Waals surface area (Å²) < 4.78 is 11.4. The van der Waals surface area contributed by atoms with Gasteiger partial charge < -0.3 is 14.8 Å². The van der Waals surface area contributed by atoms with Gasteiger partial charge in [-0.2, -0.15) is 0 Å². The Morgan fingerprint density at radius 1 is 1.09 bits per heavy atom. The van der Waals surface area contributed by atoms with E-state index in [1.165, 1.54) is 11.8 Å². The molecular weight excluding hydrogens is 298 g/mol. The summed E-state index contributed by atoms with van der Waals surface area (Å²) in [4.78, 5) is 13.0. The predicted octanol–water partition coefficient (Wildman–Crippen LogP) is 2.73. The van der Waals surface area contributed by atoms with Crippen molar-refractivity contribution in [2.45, 2.75) is 11.0 Å². The fourth-order valence-corrected chi connectivity index (χ4v) is 2.86. The van der Waals surface area contributed by atoms with E-state index in [0.29, 0.717) is 18.9 Å². The summed E-state index contributed by atoms with van der Waals surface area (Å²) >= 11 is 1.52. The second-order valence-corrected chi connectivity index (χ2v) is 5.95. The molecule has 1 atom stereocenters. The van der Waals surface area contributed by atoms with Gasteiger partial charge >= 0.3 is 0 Å². The lowest BCUT2D eigenvalue weighted by atomic mass is 10.2. The van der Waals surface area contributed by atoms with Gasteiger partial charge in [-0.25, -0.2) is 0 Å². The van der Waals surface area contributed by atoms with Crippen LogP contribution in [0.5, 0.6) is 11.5 Å². The zero-order chi connectivity index (χ0) is 15.2. The van der Waals surface area contributed by atoms with Crippen molar-refractivity contribution in [2.75, 3.05) is 18.9 Å². The number of nitrogens with one attached hydrogen (secondary N) is 1. The van der Waals surface area contributed by atoms with Crippen molar-refractivity contribution in [3.05, 3.63) is 54.6 Å². The summed E-state index contributed by atoms with van der Waals surface area (Å²) in [5.41, 5.74) is 0. The van der Waals surface area contributed by atoms with Crippen LogP contribution in [0.3, 0.4) is 0 Å². The first kappa shape index (κ1) is 14.8. The number of fused-ring (bicyclic) bond motifs is 1. The Kier molecular flexibility index (Phi) is 4.85. The van der Waals surface area contributed by atoms with Crippen LogP contribution < -0.4 is 14.8 Å². The summed E-state index contributed by atoms with van der Waals surface area (Å²) in [6.45, 7) is 0.894. The van der Waals surface area contributed by atoms with Crippen LogP contribution in [-0.4, -0.2) is 30.9 Å². The highest BCUT2D eigenvalue weighted by Gasteiger charge is 2.20. The van der Waals surface area contributed by atoms with Gasteiger partial charge in [0.25, 0.3) is 0 Å². The molecule has 0 radical (unpaired) electrons. The average Bonchev–Trinajstić information content (AvgIpc) is 2.59. The number of carbonyl (C=O) groups excluding carboxylic acids is 1. The van der Waals surface area contributed by atoms with Crippen LogP contribution in [0.4, 0.5) is 0 Å². The van der Waals surface area contributed by atoms with E-state index < -0.39 is 0 Å². The predicted molar refractivity (Wildman–Crippen MR) is 86.5 cm³/mol. The van der Waals surface area contributed by atoms with Crippen molar-refractivity contribution in [1.82, 2.24) is 5.32 Å². The first-order valence-corrected chi connectivity index (χ1v) is 8.13. The van der Waals surface area contributed by atoms with Gasteiger partial charge in [0.1, 0.15) is 12.7 Å². The van der Waals surface area contributed by atoms with Crippen LogP contribution in [0.25, 0.3) is 0 Å². The van der Waals surface area contributed by atoms with Crippen molar-refractivity contribution < 1.29 is 14.3 Å². The normalized spacial score (nSPS) is 16.1. The van der Waals surface area contributed by atoms with Gasteiger partial charge in [0.15, 0.2) is 11.5 Å². The van der Waals surface area contributed by atoms with Crippen LogP contribution >= 0.6 is 11.8 Å². The molecule has 2 aromatic rings. The zero-order valence-corrected chi connectivity index (χ0v) is 12.8. The fraction of sp³-hybridized carbons (Fsp3) is 0.235. The molecule has 0 spiro atoms. The molecule has 0 saturated carbocycles. The quantitative estimate of drug-likeness (QED) is 0.862. The third-order valence-electron chi connectivity index (χ3n) is 3.21. The first-order valence-electron chi connectivity index (χ1n) is 7.14. The molecule has 5 heteroatoms. The molecule has 1 N–H and O–H groups in total. The standard InChI is InChI=1S/C17H17NO3S/c19-17(12-22-14-6-2-1-3-7-14)18-10-13-11-20-15-8-4-5-9-16(15)21-13/h1-9,13H,10-12H2,(H,18,19)/t13-/m1/s1. The number of ether oxygens (including phenoxy) is 2. The Morgan fingerprint density at radius 2 is 1.82 bits per heavy atom. The molecule has 1 amide bonds. The van der Waals surface area contributed by atoms with Gasteiger partial charge in [-0.15, -0.1) is 11.8 Å². The van der Waals surface area contributed by atoms with Crippen LogP contribution in [-0.2, 0) is 4.79 Å². The van der Waals surface area contributed by atoms with Gasteiger partial charge in [-0.05, 0) is 24.3 Å². The van der Waals surface area contributed by atoms with Gasteiger partial charge in [-0.3, -0.25) is 4.79 Å². The van der Waals surface area contributed by atoms with Crippen molar-refractivity contribution in [3.8, 4) is 11.5 Å². The highest BCUT2D eigenvalue weighted by atomic mass is 32.2. The van der Waals surface area contributed by atoms with Crippen LogP contribution in [0, 0.1) is 0 Å². The summed E-state index contributed by atoms with van der Waals surface area (Å²) in [7, 11) is 0. The van der Waals surface area contributed by atoms with E-state index in [9.17, 15) is 4.79 Å². The molecule has 114 valence electrons. The average molecular weight is 315 g/mol. The molecule has 0 bridgehead atoms. The number of amides is 1. The molecule has 0 aromatic heterocycles. The molecule has 1 heterocycles. The monoisotopic (exact) mass is 315 g/mol. The molecule has 0 fully saturated rings. The number of thioether (sulfide) groups is 1. The third kappa shape index (κ3) is 3.95. The van der Waals surface area contributed by atoms with Crippen LogP contribution in [0.2, 0.25) is 0 Å². The Balaban J connectivity index is 1.42. The van der Waals surface area contributed by atoms with E-state index in [1.54, 1.807) is 0 Å². The molecule has 4 nitrogen and oxygen atoms in total. The third-order valence-corrected chi connectivity index (χ3v) is 4.22. The van der Waals surface area contributed by atoms with Gasteiger partial charge in [0.2, 0.25) is 5.91 Å². The molecule has 1 aliphatic rings. The fourth-order valence-electron chi connectivity index (χ4n) is 2.11. The first-order chi connectivity index (χ1) is 10.8. The summed E-state index contributed by atoms with van der Waals surface area (Å²) in [6, 6.07) is 17.4. The minimum Gasteiger partial charge on any atom is -0.486 e. The second kappa shape index (κ2) is 7.22. The van der Waals surface area contributed by atoms with Crippen molar-refractivity contribution in [1.29, 1.82) is 0 Å². The van der Waals surface area contributed by atoms with E-state index in [-0.39, 0.29) is 12.0 Å². The largest absolute Gasteiger partial charge is 0.486 e. The number of benzene rings is 2. The second-order valence-electron chi connectivity index (χ2n) is 4.90. The van der Waals surface area contributed by atoms with Crippen molar-refractivity contribution >= 4 is 17.7 Å². The Bertz CT molecular complexity index is 633.